The van der Waals surface area contributed by atoms with Crippen molar-refractivity contribution in [1.82, 2.24) is 10.6 Å². The van der Waals surface area contributed by atoms with Crippen LogP contribution in [0.2, 0.25) is 5.02 Å². The maximum absolute atomic E-state index is 12.1. The van der Waals surface area contributed by atoms with Crippen molar-refractivity contribution in [2.45, 2.75) is 13.0 Å². The van der Waals surface area contributed by atoms with Gasteiger partial charge in [0, 0.05) is 24.3 Å². The molecule has 0 saturated carbocycles. The molecular weight excluding hydrogens is 350 g/mol. The van der Waals surface area contributed by atoms with E-state index in [1.807, 2.05) is 42.5 Å². The van der Waals surface area contributed by atoms with Crippen LogP contribution in [0.4, 0.5) is 0 Å². The standard InChI is InChI=1S/C20H20ClN3O2/c1-26-19-4-2-3-15(11-19)9-10-23-14-17(12-22)20(25)24-13-16-5-7-18(21)8-6-16/h2-8,11,14,23H,9-10,13H2,1H3,(H,24,25)/b17-14-. The van der Waals surface area contributed by atoms with Crippen LogP contribution in [0.15, 0.2) is 60.3 Å². The van der Waals surface area contributed by atoms with Crippen molar-refractivity contribution < 1.29 is 9.53 Å². The van der Waals surface area contributed by atoms with E-state index in [4.69, 9.17) is 21.6 Å². The molecule has 26 heavy (non-hydrogen) atoms. The summed E-state index contributed by atoms with van der Waals surface area (Å²) in [6.45, 7) is 0.932. The Morgan fingerprint density at radius 1 is 1.23 bits per heavy atom. The van der Waals surface area contributed by atoms with Crippen LogP contribution in [0.3, 0.4) is 0 Å². The summed E-state index contributed by atoms with van der Waals surface area (Å²) in [5.74, 6) is 0.383. The first kappa shape index (κ1) is 19.4. The summed E-state index contributed by atoms with van der Waals surface area (Å²) in [6.07, 6.45) is 2.19. The Hall–Kier alpha value is -2.97. The van der Waals surface area contributed by atoms with Gasteiger partial charge in [-0.3, -0.25) is 4.79 Å². The van der Waals surface area contributed by atoms with Gasteiger partial charge < -0.3 is 15.4 Å². The number of amides is 1. The second-order valence-electron chi connectivity index (χ2n) is 5.53. The van der Waals surface area contributed by atoms with Crippen molar-refractivity contribution in [3.05, 3.63) is 76.5 Å². The van der Waals surface area contributed by atoms with Crippen LogP contribution in [-0.4, -0.2) is 19.6 Å². The summed E-state index contributed by atoms with van der Waals surface area (Å²) in [4.78, 5) is 12.1. The number of nitrogens with one attached hydrogen (secondary N) is 2. The van der Waals surface area contributed by atoms with Gasteiger partial charge in [0.15, 0.2) is 0 Å². The largest absolute Gasteiger partial charge is 0.497 e. The molecule has 5 nitrogen and oxygen atoms in total. The Morgan fingerprint density at radius 2 is 2.00 bits per heavy atom. The number of rotatable bonds is 8. The van der Waals surface area contributed by atoms with Crippen molar-refractivity contribution in [3.63, 3.8) is 0 Å². The van der Waals surface area contributed by atoms with Gasteiger partial charge in [0.2, 0.25) is 0 Å². The molecule has 134 valence electrons. The van der Waals surface area contributed by atoms with E-state index >= 15 is 0 Å². The first-order valence-corrected chi connectivity index (χ1v) is 8.49. The summed E-state index contributed by atoms with van der Waals surface area (Å²) in [7, 11) is 1.63. The Morgan fingerprint density at radius 3 is 2.69 bits per heavy atom. The fraction of sp³-hybridized carbons (Fsp3) is 0.200. The number of nitriles is 1. The summed E-state index contributed by atoms with van der Waals surface area (Å²) >= 11 is 5.82. The van der Waals surface area contributed by atoms with E-state index in [1.54, 1.807) is 19.2 Å². The van der Waals surface area contributed by atoms with Crippen molar-refractivity contribution in [2.75, 3.05) is 13.7 Å². The molecule has 2 rings (SSSR count). The minimum Gasteiger partial charge on any atom is -0.497 e. The highest BCUT2D eigenvalue weighted by Crippen LogP contribution is 2.12. The molecule has 0 aliphatic rings. The first-order valence-electron chi connectivity index (χ1n) is 8.11. The van der Waals surface area contributed by atoms with E-state index in [0.717, 1.165) is 23.3 Å². The second-order valence-corrected chi connectivity index (χ2v) is 5.97. The van der Waals surface area contributed by atoms with E-state index in [1.165, 1.54) is 6.20 Å². The van der Waals surface area contributed by atoms with Crippen LogP contribution >= 0.6 is 11.6 Å². The quantitative estimate of drug-likeness (QED) is 0.425. The van der Waals surface area contributed by atoms with Crippen LogP contribution in [0, 0.1) is 11.3 Å². The fourth-order valence-electron chi connectivity index (χ4n) is 2.25. The lowest BCUT2D eigenvalue weighted by atomic mass is 10.1. The second kappa shape index (κ2) is 10.1. The first-order chi connectivity index (χ1) is 12.6. The fourth-order valence-corrected chi connectivity index (χ4v) is 2.37. The van der Waals surface area contributed by atoms with Crippen LogP contribution in [-0.2, 0) is 17.8 Å². The number of halogens is 1. The SMILES string of the molecule is COc1cccc(CCN/C=C(/C#N)C(=O)NCc2ccc(Cl)cc2)c1. The third-order valence-electron chi connectivity index (χ3n) is 3.67. The summed E-state index contributed by atoms with van der Waals surface area (Å²) in [5.41, 5.74) is 2.05. The predicted octanol–water partition coefficient (Wildman–Crippen LogP) is 3.20. The van der Waals surface area contributed by atoms with Gasteiger partial charge in [0.05, 0.1) is 7.11 Å². The number of hydrogen-bond acceptors (Lipinski definition) is 4. The topological polar surface area (TPSA) is 74.1 Å². The van der Waals surface area contributed by atoms with E-state index in [-0.39, 0.29) is 5.57 Å². The van der Waals surface area contributed by atoms with Crippen LogP contribution in [0.1, 0.15) is 11.1 Å². The molecule has 2 aromatic rings. The zero-order valence-electron chi connectivity index (χ0n) is 14.5. The smallest absolute Gasteiger partial charge is 0.263 e. The summed E-state index contributed by atoms with van der Waals surface area (Å²) in [5, 5.41) is 15.5. The van der Waals surface area contributed by atoms with Gasteiger partial charge in [0.25, 0.3) is 5.91 Å². The summed E-state index contributed by atoms with van der Waals surface area (Å²) in [6, 6.07) is 16.8. The molecule has 6 heteroatoms. The number of benzene rings is 2. The maximum atomic E-state index is 12.1. The van der Waals surface area contributed by atoms with Crippen LogP contribution in [0.25, 0.3) is 0 Å². The normalized spacial score (nSPS) is 10.7. The van der Waals surface area contributed by atoms with Gasteiger partial charge >= 0.3 is 0 Å². The van der Waals surface area contributed by atoms with E-state index in [0.29, 0.717) is 18.1 Å². The molecule has 0 aliphatic heterocycles. The molecule has 1 amide bonds. The van der Waals surface area contributed by atoms with Gasteiger partial charge in [-0.1, -0.05) is 35.9 Å². The molecule has 0 aliphatic carbocycles. The average Bonchev–Trinajstić information content (AvgIpc) is 2.67. The van der Waals surface area contributed by atoms with Crippen molar-refractivity contribution in [2.24, 2.45) is 0 Å². The number of carbonyl (C=O) groups is 1. The molecule has 0 radical (unpaired) electrons. The van der Waals surface area contributed by atoms with Crippen molar-refractivity contribution in [3.8, 4) is 11.8 Å². The lowest BCUT2D eigenvalue weighted by Crippen LogP contribution is -2.25. The molecule has 2 aromatic carbocycles. The highest BCUT2D eigenvalue weighted by atomic mass is 35.5. The summed E-state index contributed by atoms with van der Waals surface area (Å²) < 4.78 is 5.18. The Bertz CT molecular complexity index is 811. The van der Waals surface area contributed by atoms with Crippen molar-refractivity contribution in [1.29, 1.82) is 5.26 Å². The highest BCUT2D eigenvalue weighted by Gasteiger charge is 2.08. The van der Waals surface area contributed by atoms with Crippen molar-refractivity contribution >= 4 is 17.5 Å². The van der Waals surface area contributed by atoms with Gasteiger partial charge in [-0.05, 0) is 41.8 Å². The molecule has 0 unspecified atom stereocenters. The molecule has 0 heterocycles. The molecule has 0 aromatic heterocycles. The Kier molecular flexibility index (Phi) is 7.53. The maximum Gasteiger partial charge on any atom is 0.263 e. The molecule has 2 N–H and O–H groups in total. The average molecular weight is 370 g/mol. The predicted molar refractivity (Wildman–Crippen MR) is 102 cm³/mol. The van der Waals surface area contributed by atoms with Crippen LogP contribution in [0.5, 0.6) is 5.75 Å². The number of carbonyl (C=O) groups excluding carboxylic acids is 1. The molecule has 0 fully saturated rings. The van der Waals surface area contributed by atoms with Gasteiger partial charge in [-0.15, -0.1) is 0 Å². The molecule has 0 spiro atoms. The third kappa shape index (κ3) is 6.15. The molecular formula is C20H20ClN3O2. The van der Waals surface area contributed by atoms with Gasteiger partial charge in [0.1, 0.15) is 17.4 Å². The highest BCUT2D eigenvalue weighted by molar-refractivity contribution is 6.30. The van der Waals surface area contributed by atoms with Crippen LogP contribution < -0.4 is 15.4 Å². The number of nitrogens with zero attached hydrogens (tertiary/aromatic N) is 1. The van der Waals surface area contributed by atoms with Gasteiger partial charge in [-0.25, -0.2) is 0 Å². The number of ether oxygens (including phenoxy) is 1. The minimum absolute atomic E-state index is 0.0320. The minimum atomic E-state index is -0.420. The molecule has 0 saturated heterocycles. The zero-order valence-corrected chi connectivity index (χ0v) is 15.2. The molecule has 0 bridgehead atoms. The lowest BCUT2D eigenvalue weighted by Gasteiger charge is -2.06. The Labute approximate surface area is 158 Å². The van der Waals surface area contributed by atoms with Gasteiger partial charge in [-0.2, -0.15) is 5.26 Å². The Balaban J connectivity index is 1.81. The lowest BCUT2D eigenvalue weighted by molar-refractivity contribution is -0.117. The molecule has 0 atom stereocenters. The number of hydrogen-bond donors (Lipinski definition) is 2. The zero-order chi connectivity index (χ0) is 18.8. The van der Waals surface area contributed by atoms with E-state index in [9.17, 15) is 4.79 Å². The van der Waals surface area contributed by atoms with E-state index in [2.05, 4.69) is 10.6 Å². The monoisotopic (exact) mass is 369 g/mol. The van der Waals surface area contributed by atoms with E-state index < -0.39 is 5.91 Å². The third-order valence-corrected chi connectivity index (χ3v) is 3.92. The number of methoxy groups -OCH3 is 1.